The summed E-state index contributed by atoms with van der Waals surface area (Å²) in [6, 6.07) is 5.90. The lowest BCUT2D eigenvalue weighted by molar-refractivity contribution is -0.145. The summed E-state index contributed by atoms with van der Waals surface area (Å²) in [5.41, 5.74) is 7.68. The second kappa shape index (κ2) is 7.79. The molecule has 2 rings (SSSR count). The standard InChI is InChI=1S/C18H26N2O4/c1-4-18(19,17(21)22)14(11-23-3)13-9-20-15-8-6-7-12(16(13)15)10-24-5-2/h6-9,14,20H,4-5,10-11,19H2,1-3H3,(H,21,22). The van der Waals surface area contributed by atoms with Gasteiger partial charge in [-0.05, 0) is 30.5 Å². The Morgan fingerprint density at radius 2 is 2.17 bits per heavy atom. The first kappa shape index (κ1) is 18.4. The van der Waals surface area contributed by atoms with E-state index in [2.05, 4.69) is 4.98 Å². The second-order valence-electron chi connectivity index (χ2n) is 5.93. The van der Waals surface area contributed by atoms with Crippen LogP contribution in [0.2, 0.25) is 0 Å². The van der Waals surface area contributed by atoms with Gasteiger partial charge in [-0.2, -0.15) is 0 Å². The molecule has 2 aromatic rings. The molecule has 1 heterocycles. The number of fused-ring (bicyclic) bond motifs is 1. The average molecular weight is 334 g/mol. The van der Waals surface area contributed by atoms with E-state index in [0.717, 1.165) is 22.0 Å². The number of H-pyrrole nitrogens is 1. The maximum atomic E-state index is 11.8. The zero-order valence-corrected chi connectivity index (χ0v) is 14.5. The SMILES string of the molecule is CCOCc1cccc2[nH]cc(C(COC)C(N)(CC)C(=O)O)c12. The Bertz CT molecular complexity index is 697. The molecular weight excluding hydrogens is 308 g/mol. The van der Waals surface area contributed by atoms with E-state index < -0.39 is 17.4 Å². The molecule has 0 aliphatic carbocycles. The lowest BCUT2D eigenvalue weighted by Gasteiger charge is -2.32. The number of carboxylic acid groups (broad SMARTS) is 1. The van der Waals surface area contributed by atoms with E-state index in [0.29, 0.717) is 19.6 Å². The number of aromatic nitrogens is 1. The summed E-state index contributed by atoms with van der Waals surface area (Å²) in [7, 11) is 1.56. The molecule has 0 aliphatic rings. The van der Waals surface area contributed by atoms with Crippen LogP contribution in [0.25, 0.3) is 10.9 Å². The number of methoxy groups -OCH3 is 1. The number of hydrogen-bond acceptors (Lipinski definition) is 4. The van der Waals surface area contributed by atoms with E-state index >= 15 is 0 Å². The van der Waals surface area contributed by atoms with Gasteiger partial charge in [0.25, 0.3) is 0 Å². The molecule has 6 heteroatoms. The van der Waals surface area contributed by atoms with Gasteiger partial charge < -0.3 is 25.3 Å². The van der Waals surface area contributed by atoms with Crippen LogP contribution >= 0.6 is 0 Å². The van der Waals surface area contributed by atoms with Crippen LogP contribution in [0.15, 0.2) is 24.4 Å². The highest BCUT2D eigenvalue weighted by molar-refractivity contribution is 5.89. The van der Waals surface area contributed by atoms with Crippen molar-refractivity contribution in [3.8, 4) is 0 Å². The Hall–Kier alpha value is -1.89. The first-order valence-corrected chi connectivity index (χ1v) is 8.17. The van der Waals surface area contributed by atoms with Gasteiger partial charge in [-0.15, -0.1) is 0 Å². The number of carbonyl (C=O) groups is 1. The van der Waals surface area contributed by atoms with Crippen molar-refractivity contribution in [2.75, 3.05) is 20.3 Å². The first-order chi connectivity index (χ1) is 11.5. The van der Waals surface area contributed by atoms with Gasteiger partial charge in [0.15, 0.2) is 0 Å². The molecule has 0 saturated carbocycles. The van der Waals surface area contributed by atoms with Crippen molar-refractivity contribution >= 4 is 16.9 Å². The smallest absolute Gasteiger partial charge is 0.324 e. The summed E-state index contributed by atoms with van der Waals surface area (Å²) in [6.07, 6.45) is 2.14. The lowest BCUT2D eigenvalue weighted by atomic mass is 9.78. The summed E-state index contributed by atoms with van der Waals surface area (Å²) in [5.74, 6) is -1.50. The summed E-state index contributed by atoms with van der Waals surface area (Å²) in [4.78, 5) is 15.1. The van der Waals surface area contributed by atoms with Crippen molar-refractivity contribution < 1.29 is 19.4 Å². The molecule has 0 bridgehead atoms. The van der Waals surface area contributed by atoms with Crippen molar-refractivity contribution in [3.63, 3.8) is 0 Å². The molecule has 0 aliphatic heterocycles. The molecule has 2 atom stereocenters. The van der Waals surface area contributed by atoms with Crippen molar-refractivity contribution in [3.05, 3.63) is 35.5 Å². The second-order valence-corrected chi connectivity index (χ2v) is 5.93. The molecule has 0 fully saturated rings. The third-order valence-electron chi connectivity index (χ3n) is 4.60. The van der Waals surface area contributed by atoms with Crippen molar-refractivity contribution in [2.24, 2.45) is 5.73 Å². The molecule has 0 radical (unpaired) electrons. The predicted molar refractivity (Wildman–Crippen MR) is 93.1 cm³/mol. The predicted octanol–water partition coefficient (Wildman–Crippen LogP) is 2.63. The Labute approximate surface area is 141 Å². The van der Waals surface area contributed by atoms with Gasteiger partial charge in [-0.3, -0.25) is 4.79 Å². The van der Waals surface area contributed by atoms with Crippen LogP contribution in [-0.2, 0) is 20.9 Å². The van der Waals surface area contributed by atoms with Crippen LogP contribution in [0.5, 0.6) is 0 Å². The number of rotatable bonds is 9. The number of nitrogens with two attached hydrogens (primary N) is 1. The highest BCUT2D eigenvalue weighted by Gasteiger charge is 2.42. The molecule has 0 saturated heterocycles. The molecule has 24 heavy (non-hydrogen) atoms. The van der Waals surface area contributed by atoms with E-state index in [1.54, 1.807) is 14.0 Å². The van der Waals surface area contributed by atoms with Gasteiger partial charge in [0.2, 0.25) is 0 Å². The van der Waals surface area contributed by atoms with E-state index in [4.69, 9.17) is 15.2 Å². The fraction of sp³-hybridized carbons (Fsp3) is 0.500. The molecule has 2 unspecified atom stereocenters. The molecule has 1 aromatic heterocycles. The Kier molecular flexibility index (Phi) is 5.99. The van der Waals surface area contributed by atoms with E-state index in [1.165, 1.54) is 0 Å². The molecular formula is C18H26N2O4. The van der Waals surface area contributed by atoms with Crippen molar-refractivity contribution in [1.82, 2.24) is 4.98 Å². The van der Waals surface area contributed by atoms with E-state index in [9.17, 15) is 9.90 Å². The highest BCUT2D eigenvalue weighted by atomic mass is 16.5. The number of nitrogens with one attached hydrogen (secondary N) is 1. The summed E-state index contributed by atoms with van der Waals surface area (Å²) >= 11 is 0. The van der Waals surface area contributed by atoms with Crippen LogP contribution in [0.4, 0.5) is 0 Å². The monoisotopic (exact) mass is 334 g/mol. The van der Waals surface area contributed by atoms with Crippen molar-refractivity contribution in [1.29, 1.82) is 0 Å². The number of carboxylic acids is 1. The molecule has 6 nitrogen and oxygen atoms in total. The van der Waals surface area contributed by atoms with Crippen LogP contribution in [0, 0.1) is 0 Å². The number of ether oxygens (including phenoxy) is 2. The Morgan fingerprint density at radius 1 is 1.42 bits per heavy atom. The summed E-state index contributed by atoms with van der Waals surface area (Å²) < 4.78 is 10.9. The van der Waals surface area contributed by atoms with Crippen LogP contribution < -0.4 is 5.73 Å². The minimum Gasteiger partial charge on any atom is -0.480 e. The molecule has 0 amide bonds. The largest absolute Gasteiger partial charge is 0.480 e. The minimum absolute atomic E-state index is 0.229. The van der Waals surface area contributed by atoms with E-state index in [1.807, 2.05) is 31.3 Å². The van der Waals surface area contributed by atoms with Gasteiger partial charge in [0.1, 0.15) is 5.54 Å². The van der Waals surface area contributed by atoms with Gasteiger partial charge in [0, 0.05) is 36.7 Å². The zero-order valence-electron chi connectivity index (χ0n) is 14.5. The quantitative estimate of drug-likeness (QED) is 0.655. The topological polar surface area (TPSA) is 97.6 Å². The number of benzene rings is 1. The Morgan fingerprint density at radius 3 is 2.75 bits per heavy atom. The van der Waals surface area contributed by atoms with Crippen LogP contribution in [0.3, 0.4) is 0 Å². The number of hydrogen-bond donors (Lipinski definition) is 3. The molecule has 4 N–H and O–H groups in total. The maximum absolute atomic E-state index is 11.8. The fourth-order valence-electron chi connectivity index (χ4n) is 3.13. The summed E-state index contributed by atoms with van der Waals surface area (Å²) in [5, 5.41) is 10.7. The summed E-state index contributed by atoms with van der Waals surface area (Å²) in [6.45, 7) is 5.04. The van der Waals surface area contributed by atoms with Crippen LogP contribution in [-0.4, -0.2) is 41.9 Å². The van der Waals surface area contributed by atoms with Crippen LogP contribution in [0.1, 0.15) is 37.3 Å². The zero-order chi connectivity index (χ0) is 17.7. The molecule has 0 spiro atoms. The van der Waals surface area contributed by atoms with Gasteiger partial charge in [-0.25, -0.2) is 0 Å². The van der Waals surface area contributed by atoms with Crippen molar-refractivity contribution in [2.45, 2.75) is 38.3 Å². The normalized spacial score (nSPS) is 15.3. The number of aliphatic carboxylic acids is 1. The maximum Gasteiger partial charge on any atom is 0.324 e. The minimum atomic E-state index is -1.40. The third kappa shape index (κ3) is 3.31. The third-order valence-corrected chi connectivity index (χ3v) is 4.60. The fourth-order valence-corrected chi connectivity index (χ4v) is 3.13. The molecule has 1 aromatic carbocycles. The highest BCUT2D eigenvalue weighted by Crippen LogP contribution is 2.36. The van der Waals surface area contributed by atoms with Gasteiger partial charge in [-0.1, -0.05) is 19.1 Å². The van der Waals surface area contributed by atoms with Gasteiger partial charge in [0.05, 0.1) is 13.2 Å². The molecule has 132 valence electrons. The van der Waals surface area contributed by atoms with Gasteiger partial charge >= 0.3 is 5.97 Å². The first-order valence-electron chi connectivity index (χ1n) is 8.17. The average Bonchev–Trinajstić information content (AvgIpc) is 3.01. The number of aromatic amines is 1. The van der Waals surface area contributed by atoms with E-state index in [-0.39, 0.29) is 6.61 Å². The lowest BCUT2D eigenvalue weighted by Crippen LogP contribution is -2.53. The Balaban J connectivity index is 2.60.